The van der Waals surface area contributed by atoms with E-state index < -0.39 is 192 Å². The van der Waals surface area contributed by atoms with Crippen molar-refractivity contribution in [1.29, 1.82) is 0 Å². The highest BCUT2D eigenvalue weighted by molar-refractivity contribution is 5.26. The number of aliphatic hydroxyl groups is 17. The third-order valence-electron chi connectivity index (χ3n) is 21.6. The molecule has 6 saturated heterocycles. The predicted octanol–water partition coefficient (Wildman–Crippen LogP) is -5.18. The Morgan fingerprint density at radius 1 is 0.541 bits per heavy atom. The van der Waals surface area contributed by atoms with Gasteiger partial charge in [0.1, 0.15) is 116 Å². The summed E-state index contributed by atoms with van der Waals surface area (Å²) in [7, 11) is 0. The first-order chi connectivity index (χ1) is 40.2. The quantitative estimate of drug-likeness (QED) is 0.0571. The second kappa shape index (κ2) is 26.3. The maximum Gasteiger partial charge on any atom is 0.187 e. The second-order valence-electron chi connectivity index (χ2n) is 26.6. The van der Waals surface area contributed by atoms with Crippen LogP contribution in [-0.4, -0.2) is 291 Å². The maximum absolute atomic E-state index is 12.4. The molecule has 0 radical (unpaired) electrons. The van der Waals surface area contributed by atoms with Gasteiger partial charge < -0.3 is 139 Å². The molecule has 0 aromatic carbocycles. The first kappa shape index (κ1) is 66.5. The summed E-state index contributed by atoms with van der Waals surface area (Å²) in [5.41, 5.74) is 0.889. The van der Waals surface area contributed by atoms with Gasteiger partial charge in [-0.15, -0.1) is 0 Å². The van der Waals surface area contributed by atoms with Gasteiger partial charge in [-0.25, -0.2) is 0 Å². The Morgan fingerprint density at radius 2 is 1.08 bits per heavy atom. The first-order valence-corrected chi connectivity index (χ1v) is 30.5. The summed E-state index contributed by atoms with van der Waals surface area (Å²) in [5, 5.41) is 183. The van der Waals surface area contributed by atoms with E-state index in [1.165, 1.54) is 12.5 Å². The third kappa shape index (κ3) is 12.2. The highest BCUT2D eigenvalue weighted by atomic mass is 16.8. The summed E-state index contributed by atoms with van der Waals surface area (Å²) >= 11 is 0. The number of hydrogen-bond acceptors (Lipinski definition) is 28. The van der Waals surface area contributed by atoms with Crippen LogP contribution in [0.5, 0.6) is 0 Å². The summed E-state index contributed by atoms with van der Waals surface area (Å²) in [6, 6.07) is 0. The molecular weight excluding hydrogens is 1130 g/mol. The Morgan fingerprint density at radius 3 is 1.72 bits per heavy atom. The summed E-state index contributed by atoms with van der Waals surface area (Å²) in [6.45, 7) is 7.17. The molecule has 36 atom stereocenters. The lowest BCUT2D eigenvalue weighted by Gasteiger charge is -2.59. The SMILES string of the molecule is CC(CCC1(O)OC2CC3C4CCC5=CC(OC6OC(CO)C(OC7OC(CO)C(O)C(OC8OC(CO)C(O)C(O)C8O)C7O)C(O)C6OC6OC(C)C(O)C(O)C6O)CCC5(C)C4CCC3(C)C2C1C)COC1OC(CO)C(O)C(O)C1O. The smallest absolute Gasteiger partial charge is 0.187 e. The van der Waals surface area contributed by atoms with Crippen molar-refractivity contribution in [2.24, 2.45) is 46.3 Å². The average molecular weight is 1230 g/mol. The molecule has 10 rings (SSSR count). The van der Waals surface area contributed by atoms with Crippen molar-refractivity contribution in [3.8, 4) is 0 Å². The molecule has 28 heteroatoms. The van der Waals surface area contributed by atoms with Crippen LogP contribution in [0.3, 0.4) is 0 Å². The summed E-state index contributed by atoms with van der Waals surface area (Å²) in [6.07, 6.45) is -33.3. The Bertz CT molecular complexity index is 2240. The topological polar surface area (TPSA) is 445 Å². The Balaban J connectivity index is 0.806. The van der Waals surface area contributed by atoms with Crippen LogP contribution in [-0.2, 0) is 52.1 Å². The van der Waals surface area contributed by atoms with Gasteiger partial charge in [-0.2, -0.15) is 0 Å². The average Bonchev–Trinajstić information content (AvgIpc) is 1.60. The molecule has 4 aliphatic carbocycles. The van der Waals surface area contributed by atoms with Crippen LogP contribution in [0, 0.1) is 46.3 Å². The minimum Gasteiger partial charge on any atom is -0.394 e. The van der Waals surface area contributed by atoms with E-state index in [0.29, 0.717) is 37.0 Å². The van der Waals surface area contributed by atoms with Crippen molar-refractivity contribution in [3.05, 3.63) is 11.6 Å². The number of rotatable bonds is 18. The molecule has 3 saturated carbocycles. The molecule has 85 heavy (non-hydrogen) atoms. The summed E-state index contributed by atoms with van der Waals surface area (Å²) in [5.74, 6) is -0.488. The number of hydrogen-bond donors (Lipinski definition) is 17. The van der Waals surface area contributed by atoms with E-state index in [1.54, 1.807) is 0 Å². The van der Waals surface area contributed by atoms with E-state index in [0.717, 1.165) is 38.5 Å². The van der Waals surface area contributed by atoms with E-state index in [-0.39, 0.29) is 41.3 Å². The van der Waals surface area contributed by atoms with E-state index in [1.807, 2.05) is 6.92 Å². The van der Waals surface area contributed by atoms with Gasteiger partial charge in [0, 0.05) is 12.3 Å². The number of aliphatic hydroxyl groups excluding tert-OH is 16. The van der Waals surface area contributed by atoms with Crippen molar-refractivity contribution in [2.45, 2.75) is 264 Å². The lowest BCUT2D eigenvalue weighted by molar-refractivity contribution is -0.395. The van der Waals surface area contributed by atoms with Gasteiger partial charge in [-0.1, -0.05) is 39.3 Å². The van der Waals surface area contributed by atoms with Gasteiger partial charge in [-0.05, 0) is 98.7 Å². The lowest BCUT2D eigenvalue weighted by Crippen LogP contribution is -2.68. The molecule has 6 heterocycles. The number of ether oxygens (including phenoxy) is 11. The van der Waals surface area contributed by atoms with Crippen LogP contribution in [0.25, 0.3) is 0 Å². The monoisotopic (exact) mass is 1230 g/mol. The normalized spacial score (nSPS) is 54.8. The number of fused-ring (bicyclic) bond motifs is 7. The van der Waals surface area contributed by atoms with Gasteiger partial charge in [0.15, 0.2) is 37.2 Å². The van der Waals surface area contributed by atoms with Gasteiger partial charge in [0.25, 0.3) is 0 Å². The van der Waals surface area contributed by atoms with Crippen molar-refractivity contribution in [2.75, 3.05) is 33.0 Å². The fourth-order valence-electron chi connectivity index (χ4n) is 16.5. The Hall–Kier alpha value is -1.38. The van der Waals surface area contributed by atoms with E-state index in [2.05, 4.69) is 26.8 Å². The fraction of sp³-hybridized carbons (Fsp3) is 0.965. The van der Waals surface area contributed by atoms with Crippen LogP contribution in [0.2, 0.25) is 0 Å². The molecule has 0 aromatic heterocycles. The molecule has 0 amide bonds. The molecule has 28 nitrogen and oxygen atoms in total. The van der Waals surface area contributed by atoms with Crippen LogP contribution in [0.15, 0.2) is 11.6 Å². The Labute approximate surface area is 492 Å². The van der Waals surface area contributed by atoms with Crippen molar-refractivity contribution in [1.82, 2.24) is 0 Å². The zero-order valence-corrected chi connectivity index (χ0v) is 48.6. The van der Waals surface area contributed by atoms with Crippen LogP contribution >= 0.6 is 0 Å². The van der Waals surface area contributed by atoms with Gasteiger partial charge in [0.05, 0.1) is 51.3 Å². The first-order valence-electron chi connectivity index (χ1n) is 30.5. The minimum atomic E-state index is -2.04. The van der Waals surface area contributed by atoms with Gasteiger partial charge >= 0.3 is 0 Å². The zero-order valence-electron chi connectivity index (χ0n) is 48.6. The molecule has 6 aliphatic heterocycles. The van der Waals surface area contributed by atoms with Crippen LogP contribution in [0.1, 0.15) is 92.4 Å². The Kier molecular flexibility index (Phi) is 20.6. The van der Waals surface area contributed by atoms with Gasteiger partial charge in [-0.3, -0.25) is 0 Å². The molecule has 10 aliphatic rings. The fourth-order valence-corrected chi connectivity index (χ4v) is 16.5. The minimum absolute atomic E-state index is 0.0987. The highest BCUT2D eigenvalue weighted by Gasteiger charge is 2.68. The molecule has 36 unspecified atom stereocenters. The largest absolute Gasteiger partial charge is 0.394 e. The maximum atomic E-state index is 12.4. The van der Waals surface area contributed by atoms with Crippen LogP contribution < -0.4 is 0 Å². The third-order valence-corrected chi connectivity index (χ3v) is 21.6. The van der Waals surface area contributed by atoms with Crippen molar-refractivity contribution < 1.29 is 139 Å². The predicted molar refractivity (Wildman–Crippen MR) is 283 cm³/mol. The lowest BCUT2D eigenvalue weighted by atomic mass is 9.46. The molecule has 0 bridgehead atoms. The van der Waals surface area contributed by atoms with E-state index >= 15 is 0 Å². The highest BCUT2D eigenvalue weighted by Crippen LogP contribution is 2.70. The van der Waals surface area contributed by atoms with Crippen molar-refractivity contribution >= 4 is 0 Å². The summed E-state index contributed by atoms with van der Waals surface area (Å²) < 4.78 is 66.2. The summed E-state index contributed by atoms with van der Waals surface area (Å²) in [4.78, 5) is 0. The van der Waals surface area contributed by atoms with E-state index in [4.69, 9.17) is 52.1 Å². The van der Waals surface area contributed by atoms with Gasteiger partial charge in [0.2, 0.25) is 0 Å². The van der Waals surface area contributed by atoms with Crippen molar-refractivity contribution in [3.63, 3.8) is 0 Å². The molecule has 490 valence electrons. The zero-order chi connectivity index (χ0) is 61.5. The van der Waals surface area contributed by atoms with E-state index in [9.17, 15) is 86.8 Å². The molecule has 17 N–H and O–H groups in total. The molecule has 0 aromatic rings. The van der Waals surface area contributed by atoms with Crippen LogP contribution in [0.4, 0.5) is 0 Å². The molecular formula is C57H94O28. The molecule has 0 spiro atoms. The molecule has 9 fully saturated rings. The standard InChI is InChI=1S/C57H94O28/c1-21(20-75-50-42(69)40(67)36(63)30(16-58)78-50)8-13-57(74)22(2)34-29(85-57)15-28-26-7-6-24-14-25(9-11-55(24,4)27(26)10-12-56(28,34)5)77-54-49(84-51-43(70)39(66)35(62)23(3)76-51)45(72)47(33(19-61)81-54)82-53-46(73)48(38(65)32(18-60)80-53)83-52-44(71)41(68)37(64)31(17-59)79-52/h14,21-23,25-54,58-74H,6-13,15-20H2,1-5H3. The number of allylic oxidation sites excluding steroid dienone is 1. The second-order valence-corrected chi connectivity index (χ2v) is 26.6.